The van der Waals surface area contributed by atoms with E-state index in [1.54, 1.807) is 22.7 Å². The first-order valence-electron chi connectivity index (χ1n) is 6.34. The van der Waals surface area contributed by atoms with E-state index in [-0.39, 0.29) is 0 Å². The van der Waals surface area contributed by atoms with Crippen molar-refractivity contribution in [3.05, 3.63) is 40.9 Å². The number of nitrogens with one attached hydrogen (secondary N) is 1. The Balaban J connectivity index is 1.43. The van der Waals surface area contributed by atoms with Crippen LogP contribution in [0.3, 0.4) is 0 Å². The van der Waals surface area contributed by atoms with Crippen LogP contribution in [0.15, 0.2) is 44.7 Å². The largest absolute Gasteiger partial charge is 0.338 e. The van der Waals surface area contributed by atoms with Crippen molar-refractivity contribution in [1.29, 1.82) is 0 Å². The Kier molecular flexibility index (Phi) is 3.75. The predicted octanol–water partition coefficient (Wildman–Crippen LogP) is 3.94. The van der Waals surface area contributed by atoms with Crippen LogP contribution in [-0.2, 0) is 5.75 Å². The predicted molar refractivity (Wildman–Crippen MR) is 86.9 cm³/mol. The molecule has 0 amide bonds. The second-order valence-electron chi connectivity index (χ2n) is 4.22. The smallest absolute Gasteiger partial charge is 0.237 e. The summed E-state index contributed by atoms with van der Waals surface area (Å²) in [4.78, 5) is 10.9. The fourth-order valence-electron chi connectivity index (χ4n) is 1.78. The molecule has 9 heteroatoms. The lowest BCUT2D eigenvalue weighted by Gasteiger charge is -1.89. The van der Waals surface area contributed by atoms with Gasteiger partial charge in [0, 0.05) is 0 Å². The second-order valence-corrected chi connectivity index (χ2v) is 7.06. The standard InChI is InChI=1S/C13H9N5OS3/c1-3-8(20-5-1)11-15-13(17-16-11)22-7-10-14-12(18-19-10)9-4-2-6-21-9/h1-6H,7H2,(H,15,16,17). The molecule has 0 saturated heterocycles. The molecule has 0 atom stereocenters. The van der Waals surface area contributed by atoms with E-state index in [1.165, 1.54) is 11.8 Å². The maximum atomic E-state index is 5.25. The number of aromatic amines is 1. The van der Waals surface area contributed by atoms with Crippen molar-refractivity contribution in [2.24, 2.45) is 0 Å². The topological polar surface area (TPSA) is 80.5 Å². The molecule has 110 valence electrons. The van der Waals surface area contributed by atoms with E-state index in [4.69, 9.17) is 4.52 Å². The van der Waals surface area contributed by atoms with Crippen molar-refractivity contribution in [2.45, 2.75) is 10.9 Å². The van der Waals surface area contributed by atoms with E-state index >= 15 is 0 Å². The van der Waals surface area contributed by atoms with E-state index in [0.29, 0.717) is 22.6 Å². The highest BCUT2D eigenvalue weighted by Gasteiger charge is 2.12. The first-order chi connectivity index (χ1) is 10.9. The zero-order valence-electron chi connectivity index (χ0n) is 11.1. The lowest BCUT2D eigenvalue weighted by atomic mass is 10.4. The summed E-state index contributed by atoms with van der Waals surface area (Å²) >= 11 is 4.67. The molecule has 0 aromatic carbocycles. The van der Waals surface area contributed by atoms with Crippen molar-refractivity contribution >= 4 is 34.4 Å². The fraction of sp³-hybridized carbons (Fsp3) is 0.0769. The summed E-state index contributed by atoms with van der Waals surface area (Å²) in [5, 5.41) is 15.8. The summed E-state index contributed by atoms with van der Waals surface area (Å²) in [5.74, 6) is 2.51. The van der Waals surface area contributed by atoms with Gasteiger partial charge in [0.2, 0.25) is 16.9 Å². The Morgan fingerprint density at radius 2 is 1.91 bits per heavy atom. The maximum absolute atomic E-state index is 5.25. The Labute approximate surface area is 137 Å². The highest BCUT2D eigenvalue weighted by molar-refractivity contribution is 7.98. The summed E-state index contributed by atoms with van der Waals surface area (Å²) in [6, 6.07) is 7.92. The molecule has 0 unspecified atom stereocenters. The Bertz CT molecular complexity index is 778. The van der Waals surface area contributed by atoms with E-state index < -0.39 is 0 Å². The summed E-state index contributed by atoms with van der Waals surface area (Å²) in [6.07, 6.45) is 0. The monoisotopic (exact) mass is 347 g/mol. The first-order valence-corrected chi connectivity index (χ1v) is 9.08. The summed E-state index contributed by atoms with van der Waals surface area (Å²) in [6.45, 7) is 0. The van der Waals surface area contributed by atoms with Gasteiger partial charge in [-0.15, -0.1) is 27.8 Å². The van der Waals surface area contributed by atoms with Crippen molar-refractivity contribution < 1.29 is 4.52 Å². The Morgan fingerprint density at radius 1 is 1.09 bits per heavy atom. The Hall–Kier alpha value is -1.97. The van der Waals surface area contributed by atoms with Crippen LogP contribution in [0.5, 0.6) is 0 Å². The minimum Gasteiger partial charge on any atom is -0.338 e. The van der Waals surface area contributed by atoms with Crippen LogP contribution in [0.2, 0.25) is 0 Å². The zero-order valence-corrected chi connectivity index (χ0v) is 13.5. The van der Waals surface area contributed by atoms with Crippen LogP contribution in [0.25, 0.3) is 21.4 Å². The molecule has 4 heterocycles. The van der Waals surface area contributed by atoms with Gasteiger partial charge in [-0.2, -0.15) is 4.98 Å². The van der Waals surface area contributed by atoms with Crippen LogP contribution in [0, 0.1) is 0 Å². The number of hydrogen-bond acceptors (Lipinski definition) is 8. The molecule has 0 spiro atoms. The van der Waals surface area contributed by atoms with Crippen LogP contribution < -0.4 is 0 Å². The minimum atomic E-state index is 0.542. The van der Waals surface area contributed by atoms with E-state index in [1.807, 2.05) is 35.0 Å². The van der Waals surface area contributed by atoms with Gasteiger partial charge < -0.3 is 4.52 Å². The number of aromatic nitrogens is 5. The van der Waals surface area contributed by atoms with Crippen LogP contribution in [0.1, 0.15) is 5.89 Å². The third-order valence-corrected chi connectivity index (χ3v) is 5.33. The molecule has 0 aliphatic heterocycles. The highest BCUT2D eigenvalue weighted by Crippen LogP contribution is 2.26. The zero-order chi connectivity index (χ0) is 14.8. The minimum absolute atomic E-state index is 0.542. The van der Waals surface area contributed by atoms with E-state index in [9.17, 15) is 0 Å². The molecular weight excluding hydrogens is 338 g/mol. The molecule has 22 heavy (non-hydrogen) atoms. The van der Waals surface area contributed by atoms with E-state index in [0.717, 1.165) is 15.6 Å². The average Bonchev–Trinajstić information content (AvgIpc) is 3.33. The number of thioether (sulfide) groups is 1. The molecular formula is C13H9N5OS3. The number of H-pyrrole nitrogens is 1. The second kappa shape index (κ2) is 6.03. The SMILES string of the molecule is c1csc(-c2noc(CSc3n[nH]c(-c4cccs4)n3)n2)c1. The average molecular weight is 347 g/mol. The number of nitrogens with zero attached hydrogens (tertiary/aromatic N) is 4. The van der Waals surface area contributed by atoms with Crippen LogP contribution in [-0.4, -0.2) is 25.3 Å². The van der Waals surface area contributed by atoms with Crippen molar-refractivity contribution in [3.63, 3.8) is 0 Å². The van der Waals surface area contributed by atoms with Gasteiger partial charge in [-0.3, -0.25) is 5.10 Å². The van der Waals surface area contributed by atoms with Crippen molar-refractivity contribution in [3.8, 4) is 21.4 Å². The van der Waals surface area contributed by atoms with Gasteiger partial charge in [-0.05, 0) is 22.9 Å². The van der Waals surface area contributed by atoms with E-state index in [2.05, 4.69) is 25.3 Å². The lowest BCUT2D eigenvalue weighted by molar-refractivity contribution is 0.391. The molecule has 6 nitrogen and oxygen atoms in total. The van der Waals surface area contributed by atoms with Gasteiger partial charge in [-0.25, -0.2) is 4.98 Å². The van der Waals surface area contributed by atoms with Crippen LogP contribution in [0.4, 0.5) is 0 Å². The molecule has 0 aliphatic carbocycles. The van der Waals surface area contributed by atoms with Gasteiger partial charge in [0.25, 0.3) is 0 Å². The maximum Gasteiger partial charge on any atom is 0.237 e. The third kappa shape index (κ3) is 2.82. The molecule has 0 bridgehead atoms. The number of thiophene rings is 2. The molecule has 0 fully saturated rings. The van der Waals surface area contributed by atoms with Gasteiger partial charge in [0.05, 0.1) is 15.5 Å². The van der Waals surface area contributed by atoms with Gasteiger partial charge in [0.15, 0.2) is 5.82 Å². The summed E-state index contributed by atoms with van der Waals surface area (Å²) in [5.41, 5.74) is 0. The molecule has 4 aromatic rings. The molecule has 0 saturated carbocycles. The van der Waals surface area contributed by atoms with Gasteiger partial charge >= 0.3 is 0 Å². The van der Waals surface area contributed by atoms with Gasteiger partial charge in [0.1, 0.15) is 0 Å². The number of rotatable bonds is 5. The highest BCUT2D eigenvalue weighted by atomic mass is 32.2. The molecule has 0 aliphatic rings. The quantitative estimate of drug-likeness (QED) is 0.551. The molecule has 1 N–H and O–H groups in total. The summed E-state index contributed by atoms with van der Waals surface area (Å²) < 4.78 is 5.25. The first kappa shape index (κ1) is 13.7. The normalized spacial score (nSPS) is 11.1. The van der Waals surface area contributed by atoms with Crippen molar-refractivity contribution in [1.82, 2.24) is 25.3 Å². The lowest BCUT2D eigenvalue weighted by Crippen LogP contribution is -1.82. The Morgan fingerprint density at radius 3 is 2.68 bits per heavy atom. The molecule has 4 rings (SSSR count). The van der Waals surface area contributed by atoms with Gasteiger partial charge in [-0.1, -0.05) is 29.1 Å². The molecule has 4 aromatic heterocycles. The third-order valence-electron chi connectivity index (χ3n) is 2.75. The fourth-order valence-corrected chi connectivity index (χ4v) is 3.73. The number of hydrogen-bond donors (Lipinski definition) is 1. The van der Waals surface area contributed by atoms with Crippen LogP contribution >= 0.6 is 34.4 Å². The molecule has 0 radical (unpaired) electrons. The summed E-state index contributed by atoms with van der Waals surface area (Å²) in [7, 11) is 0. The van der Waals surface area contributed by atoms with Crippen molar-refractivity contribution in [2.75, 3.05) is 0 Å².